The molecule has 0 fully saturated rings. The molecule has 0 radical (unpaired) electrons. The van der Waals surface area contributed by atoms with E-state index in [4.69, 9.17) is 16.7 Å². The third-order valence-electron chi connectivity index (χ3n) is 3.53. The van der Waals surface area contributed by atoms with Crippen molar-refractivity contribution in [1.29, 1.82) is 0 Å². The molecule has 3 heterocycles. The Morgan fingerprint density at radius 1 is 1.20 bits per heavy atom. The van der Waals surface area contributed by atoms with Crippen LogP contribution in [0.1, 0.15) is 29.2 Å². The summed E-state index contributed by atoms with van der Waals surface area (Å²) in [5, 5.41) is 12.8. The first-order valence-corrected chi connectivity index (χ1v) is 8.61. The molecule has 3 aromatic heterocycles. The lowest BCUT2D eigenvalue weighted by atomic mass is 10.00. The van der Waals surface area contributed by atoms with Crippen LogP contribution in [0.3, 0.4) is 0 Å². The third kappa shape index (κ3) is 3.78. The first kappa shape index (κ1) is 17.3. The first-order chi connectivity index (χ1) is 11.9. The van der Waals surface area contributed by atoms with E-state index in [0.717, 1.165) is 10.4 Å². The minimum atomic E-state index is -0.940. The summed E-state index contributed by atoms with van der Waals surface area (Å²) < 4.78 is 0. The number of carboxylic acids is 1. The smallest absolute Gasteiger partial charge is 0.345 e. The zero-order valence-corrected chi connectivity index (χ0v) is 15.1. The first-order valence-electron chi connectivity index (χ1n) is 7.41. The van der Waals surface area contributed by atoms with Crippen LogP contribution in [0.4, 0.5) is 5.95 Å². The number of pyridine rings is 1. The van der Waals surface area contributed by atoms with Crippen LogP contribution >= 0.6 is 22.9 Å². The number of halogens is 1. The summed E-state index contributed by atoms with van der Waals surface area (Å²) in [4.78, 5) is 25.0. The Bertz CT molecular complexity index is 909. The number of hydrogen-bond acceptors (Lipinski definition) is 6. The monoisotopic (exact) mass is 374 g/mol. The second-order valence-electron chi connectivity index (χ2n) is 5.85. The Balaban J connectivity index is 1.80. The third-order valence-corrected chi connectivity index (χ3v) is 4.96. The number of carbonyl (C=O) groups is 1. The highest BCUT2D eigenvalue weighted by Gasteiger charge is 2.25. The number of aromatic carboxylic acids is 1. The van der Waals surface area contributed by atoms with Crippen molar-refractivity contribution in [2.75, 3.05) is 5.32 Å². The zero-order valence-electron chi connectivity index (χ0n) is 13.5. The standard InChI is InChI=1S/C17H15ClN4O2S/c1-17(2,14-11(18)4-3-7-19-14)22-16-20-8-10(9-21-16)12-5-6-13(25-12)15(23)24/h3-9H,1-2H3,(H,23,24)(H,20,21,22). The molecule has 0 spiro atoms. The van der Waals surface area contributed by atoms with Crippen LogP contribution < -0.4 is 5.32 Å². The maximum Gasteiger partial charge on any atom is 0.345 e. The van der Waals surface area contributed by atoms with Gasteiger partial charge < -0.3 is 10.4 Å². The largest absolute Gasteiger partial charge is 0.477 e. The molecule has 0 saturated heterocycles. The van der Waals surface area contributed by atoms with E-state index in [9.17, 15) is 4.79 Å². The molecule has 0 aromatic carbocycles. The fourth-order valence-corrected chi connectivity index (χ4v) is 3.49. The highest BCUT2D eigenvalue weighted by atomic mass is 35.5. The van der Waals surface area contributed by atoms with Crippen LogP contribution in [0, 0.1) is 0 Å². The van der Waals surface area contributed by atoms with Crippen LogP contribution in [0.2, 0.25) is 5.02 Å². The Morgan fingerprint density at radius 3 is 2.52 bits per heavy atom. The van der Waals surface area contributed by atoms with E-state index < -0.39 is 11.5 Å². The molecule has 8 heteroatoms. The minimum Gasteiger partial charge on any atom is -0.477 e. The molecular formula is C17H15ClN4O2S. The normalized spacial score (nSPS) is 11.3. The van der Waals surface area contributed by atoms with E-state index in [0.29, 0.717) is 16.7 Å². The van der Waals surface area contributed by atoms with E-state index in [1.807, 2.05) is 13.8 Å². The molecule has 3 aromatic rings. The van der Waals surface area contributed by atoms with Gasteiger partial charge in [-0.2, -0.15) is 0 Å². The van der Waals surface area contributed by atoms with Crippen molar-refractivity contribution < 1.29 is 9.90 Å². The number of hydrogen-bond donors (Lipinski definition) is 2. The van der Waals surface area contributed by atoms with E-state index in [2.05, 4.69) is 20.3 Å². The predicted octanol–water partition coefficient (Wildman–Crippen LogP) is 4.30. The predicted molar refractivity (Wildman–Crippen MR) is 98.2 cm³/mol. The number of carboxylic acid groups (broad SMARTS) is 1. The zero-order chi connectivity index (χ0) is 18.0. The average Bonchev–Trinajstić information content (AvgIpc) is 3.06. The molecule has 0 amide bonds. The molecule has 0 aliphatic heterocycles. The van der Waals surface area contributed by atoms with E-state index in [1.165, 1.54) is 11.3 Å². The van der Waals surface area contributed by atoms with Crippen molar-refractivity contribution in [2.24, 2.45) is 0 Å². The number of nitrogens with zero attached hydrogens (tertiary/aromatic N) is 3. The number of nitrogens with one attached hydrogen (secondary N) is 1. The Labute approximate surface area is 153 Å². The minimum absolute atomic E-state index is 0.281. The molecular weight excluding hydrogens is 360 g/mol. The van der Waals surface area contributed by atoms with Gasteiger partial charge in [-0.25, -0.2) is 14.8 Å². The lowest BCUT2D eigenvalue weighted by Gasteiger charge is -2.26. The molecule has 0 bridgehead atoms. The summed E-state index contributed by atoms with van der Waals surface area (Å²) in [5.41, 5.74) is 0.907. The van der Waals surface area contributed by atoms with Gasteiger partial charge in [-0.1, -0.05) is 11.6 Å². The van der Waals surface area contributed by atoms with Crippen molar-refractivity contribution in [3.05, 3.63) is 58.4 Å². The number of rotatable bonds is 5. The average molecular weight is 375 g/mol. The van der Waals surface area contributed by atoms with Crippen LogP contribution in [-0.2, 0) is 5.54 Å². The molecule has 0 aliphatic carbocycles. The summed E-state index contributed by atoms with van der Waals surface area (Å²) in [5.74, 6) is -0.505. The van der Waals surface area contributed by atoms with Crippen LogP contribution in [0.15, 0.2) is 42.9 Å². The summed E-state index contributed by atoms with van der Waals surface area (Å²) in [6.45, 7) is 3.88. The lowest BCUT2D eigenvalue weighted by Crippen LogP contribution is -2.30. The number of anilines is 1. The van der Waals surface area contributed by atoms with Crippen molar-refractivity contribution in [2.45, 2.75) is 19.4 Å². The molecule has 0 aliphatic rings. The van der Waals surface area contributed by atoms with E-state index in [1.54, 1.807) is 42.9 Å². The van der Waals surface area contributed by atoms with Crippen molar-refractivity contribution in [1.82, 2.24) is 15.0 Å². The van der Waals surface area contributed by atoms with Crippen LogP contribution in [0.5, 0.6) is 0 Å². The summed E-state index contributed by atoms with van der Waals surface area (Å²) in [6.07, 6.45) is 5.00. The summed E-state index contributed by atoms with van der Waals surface area (Å²) in [6, 6.07) is 6.88. The Morgan fingerprint density at radius 2 is 1.92 bits per heavy atom. The van der Waals surface area contributed by atoms with Gasteiger partial charge in [-0.15, -0.1) is 11.3 Å². The molecule has 0 atom stereocenters. The van der Waals surface area contributed by atoms with Gasteiger partial charge in [0.05, 0.1) is 16.3 Å². The summed E-state index contributed by atoms with van der Waals surface area (Å²) in [7, 11) is 0. The van der Waals surface area contributed by atoms with Gasteiger partial charge in [0.25, 0.3) is 0 Å². The molecule has 128 valence electrons. The molecule has 0 unspecified atom stereocenters. The van der Waals surface area contributed by atoms with Gasteiger partial charge in [0.15, 0.2) is 0 Å². The highest BCUT2D eigenvalue weighted by molar-refractivity contribution is 7.17. The van der Waals surface area contributed by atoms with Crippen molar-refractivity contribution in [3.8, 4) is 10.4 Å². The van der Waals surface area contributed by atoms with E-state index in [-0.39, 0.29) is 4.88 Å². The van der Waals surface area contributed by atoms with Crippen LogP contribution in [0.25, 0.3) is 10.4 Å². The molecule has 2 N–H and O–H groups in total. The van der Waals surface area contributed by atoms with Gasteiger partial charge in [-0.3, -0.25) is 4.98 Å². The second kappa shape index (κ2) is 6.78. The van der Waals surface area contributed by atoms with Crippen molar-refractivity contribution >= 4 is 34.9 Å². The topological polar surface area (TPSA) is 88.0 Å². The quantitative estimate of drug-likeness (QED) is 0.692. The number of thiophene rings is 1. The highest BCUT2D eigenvalue weighted by Crippen LogP contribution is 2.30. The molecule has 0 saturated carbocycles. The fourth-order valence-electron chi connectivity index (χ4n) is 2.31. The molecule has 25 heavy (non-hydrogen) atoms. The Hall–Kier alpha value is -2.51. The molecule has 3 rings (SSSR count). The van der Waals surface area contributed by atoms with Gasteiger partial charge in [0.1, 0.15) is 4.88 Å². The van der Waals surface area contributed by atoms with Crippen molar-refractivity contribution in [3.63, 3.8) is 0 Å². The Kier molecular flexibility index (Phi) is 4.69. The second-order valence-corrected chi connectivity index (χ2v) is 7.34. The maximum absolute atomic E-state index is 11.0. The van der Waals surface area contributed by atoms with Gasteiger partial charge in [-0.05, 0) is 38.1 Å². The summed E-state index contributed by atoms with van der Waals surface area (Å²) >= 11 is 7.40. The SMILES string of the molecule is CC(C)(Nc1ncc(-c2ccc(C(=O)O)s2)cn1)c1ncccc1Cl. The van der Waals surface area contributed by atoms with Gasteiger partial charge in [0.2, 0.25) is 5.95 Å². The van der Waals surface area contributed by atoms with Gasteiger partial charge >= 0.3 is 5.97 Å². The van der Waals surface area contributed by atoms with E-state index >= 15 is 0 Å². The lowest BCUT2D eigenvalue weighted by molar-refractivity contribution is 0.0702. The fraction of sp³-hybridized carbons (Fsp3) is 0.176. The van der Waals surface area contributed by atoms with Crippen LogP contribution in [-0.4, -0.2) is 26.0 Å². The molecule has 6 nitrogen and oxygen atoms in total. The van der Waals surface area contributed by atoms with Gasteiger partial charge in [0, 0.05) is 29.0 Å². The number of aromatic nitrogens is 3. The maximum atomic E-state index is 11.0.